The van der Waals surface area contributed by atoms with Crippen LogP contribution < -0.4 is 15.6 Å². The minimum atomic E-state index is -1.08. The maximum absolute atomic E-state index is 13.5. The number of nitrogens with zero attached hydrogens (tertiary/aromatic N) is 2. The van der Waals surface area contributed by atoms with Crippen LogP contribution in [0.4, 0.5) is 5.69 Å². The van der Waals surface area contributed by atoms with E-state index in [1.807, 2.05) is 6.92 Å². The van der Waals surface area contributed by atoms with Crippen molar-refractivity contribution in [1.82, 2.24) is 4.57 Å². The minimum absolute atomic E-state index is 0.0842. The monoisotopic (exact) mass is 549 g/mol. The molecule has 1 aliphatic rings. The number of rotatable bonds is 10. The summed E-state index contributed by atoms with van der Waals surface area (Å²) in [6.45, 7) is 2.27. The zero-order valence-electron chi connectivity index (χ0n) is 21.6. The number of nitriles is 1. The molecule has 1 saturated carbocycles. The summed E-state index contributed by atoms with van der Waals surface area (Å²) in [4.78, 5) is 38.1. The molecule has 0 aliphatic heterocycles. The Morgan fingerprint density at radius 3 is 2.49 bits per heavy atom. The van der Waals surface area contributed by atoms with E-state index in [1.165, 1.54) is 48.2 Å². The van der Waals surface area contributed by atoms with Crippen LogP contribution >= 0.6 is 11.6 Å². The summed E-state index contributed by atoms with van der Waals surface area (Å²) < 4.78 is 12.9. The third kappa shape index (κ3) is 6.30. The number of methoxy groups -OCH3 is 1. The van der Waals surface area contributed by atoms with Gasteiger partial charge < -0.3 is 19.9 Å². The van der Waals surface area contributed by atoms with Crippen LogP contribution in [-0.4, -0.2) is 40.9 Å². The maximum atomic E-state index is 13.5. The van der Waals surface area contributed by atoms with E-state index in [2.05, 4.69) is 11.4 Å². The van der Waals surface area contributed by atoms with E-state index in [0.29, 0.717) is 27.4 Å². The van der Waals surface area contributed by atoms with Gasteiger partial charge in [0.05, 0.1) is 36.1 Å². The Hall–Kier alpha value is -4.13. The van der Waals surface area contributed by atoms with Gasteiger partial charge in [0.2, 0.25) is 5.91 Å². The number of carbonyl (C=O) groups excluding carboxylic acids is 1. The van der Waals surface area contributed by atoms with E-state index < -0.39 is 23.5 Å². The molecule has 1 fully saturated rings. The van der Waals surface area contributed by atoms with Crippen molar-refractivity contribution in [3.05, 3.63) is 81.2 Å². The van der Waals surface area contributed by atoms with Crippen LogP contribution in [0.1, 0.15) is 54.6 Å². The van der Waals surface area contributed by atoms with Gasteiger partial charge >= 0.3 is 5.97 Å². The molecule has 1 amide bonds. The molecule has 9 nitrogen and oxygen atoms in total. The molecule has 0 saturated heterocycles. The highest BCUT2D eigenvalue weighted by Crippen LogP contribution is 2.36. The first-order valence-electron chi connectivity index (χ1n) is 12.4. The first-order valence-corrected chi connectivity index (χ1v) is 12.8. The molecule has 202 valence electrons. The predicted molar refractivity (Wildman–Crippen MR) is 146 cm³/mol. The van der Waals surface area contributed by atoms with E-state index in [0.717, 1.165) is 19.3 Å². The molecule has 1 aromatic heterocycles. The molecule has 2 N–H and O–H groups in total. The van der Waals surface area contributed by atoms with Crippen molar-refractivity contribution in [1.29, 1.82) is 5.26 Å². The van der Waals surface area contributed by atoms with E-state index in [4.69, 9.17) is 26.2 Å². The molecule has 0 radical (unpaired) electrons. The van der Waals surface area contributed by atoms with Crippen LogP contribution in [0, 0.1) is 11.3 Å². The zero-order chi connectivity index (χ0) is 28.2. The number of aromatic nitrogens is 1. The fraction of sp³-hybridized carbons (Fsp3) is 0.310. The summed E-state index contributed by atoms with van der Waals surface area (Å²) in [5.74, 6) is -1.27. The first kappa shape index (κ1) is 27.9. The number of carboxylic acid groups (broad SMARTS) is 1. The second-order valence-corrected chi connectivity index (χ2v) is 10.1. The standard InChI is InChI=1S/C29H28ClN3O6/c1-29(11-3-12-29)39-13-10-24(27(35)32-21-8-5-18(6-9-21)28(36)37)33-17-25(38-2)23(15-26(33)34)22-14-20(30)7-4-19(22)16-31/h4-9,14-15,17,24H,3,10-13H2,1-2H3,(H,32,35)(H,36,37). The van der Waals surface area contributed by atoms with Crippen LogP contribution in [0.5, 0.6) is 5.75 Å². The minimum Gasteiger partial charge on any atom is -0.495 e. The quantitative estimate of drug-likeness (QED) is 0.352. The smallest absolute Gasteiger partial charge is 0.335 e. The third-order valence-corrected chi connectivity index (χ3v) is 7.18. The summed E-state index contributed by atoms with van der Waals surface area (Å²) in [6.07, 6.45) is 4.60. The number of anilines is 1. The Morgan fingerprint density at radius 1 is 1.18 bits per heavy atom. The fourth-order valence-electron chi connectivity index (χ4n) is 4.54. The average Bonchev–Trinajstić information content (AvgIpc) is 2.90. The second kappa shape index (κ2) is 11.7. The Morgan fingerprint density at radius 2 is 1.90 bits per heavy atom. The molecule has 2 aromatic carbocycles. The van der Waals surface area contributed by atoms with Gasteiger partial charge in [-0.2, -0.15) is 5.26 Å². The van der Waals surface area contributed by atoms with Crippen LogP contribution in [0.2, 0.25) is 5.02 Å². The topological polar surface area (TPSA) is 131 Å². The number of ether oxygens (including phenoxy) is 2. The molecule has 1 unspecified atom stereocenters. The summed E-state index contributed by atoms with van der Waals surface area (Å²) in [6, 6.07) is 12.9. The van der Waals surface area contributed by atoms with Crippen LogP contribution in [0.3, 0.4) is 0 Å². The lowest BCUT2D eigenvalue weighted by Gasteiger charge is -2.38. The molecule has 1 aliphatic carbocycles. The second-order valence-electron chi connectivity index (χ2n) is 9.63. The molecular weight excluding hydrogens is 522 g/mol. The SMILES string of the molecule is COc1cn(C(CCOC2(C)CCC2)C(=O)Nc2ccc(C(=O)O)cc2)c(=O)cc1-c1cc(Cl)ccc1C#N. The highest BCUT2D eigenvalue weighted by molar-refractivity contribution is 6.31. The molecule has 10 heteroatoms. The van der Waals surface area contributed by atoms with Crippen LogP contribution in [0.25, 0.3) is 11.1 Å². The van der Waals surface area contributed by atoms with Crippen LogP contribution in [-0.2, 0) is 9.53 Å². The van der Waals surface area contributed by atoms with E-state index in [9.17, 15) is 19.6 Å². The number of amides is 1. The molecule has 3 aromatic rings. The van der Waals surface area contributed by atoms with Gasteiger partial charge in [0.1, 0.15) is 11.8 Å². The summed E-state index contributed by atoms with van der Waals surface area (Å²) in [5, 5.41) is 21.9. The van der Waals surface area contributed by atoms with Gasteiger partial charge in [-0.25, -0.2) is 4.79 Å². The lowest BCUT2D eigenvalue weighted by molar-refractivity contribution is -0.122. The molecule has 0 bridgehead atoms. The number of hydrogen-bond donors (Lipinski definition) is 2. The molecule has 1 heterocycles. The fourth-order valence-corrected chi connectivity index (χ4v) is 4.71. The molecular formula is C29H28ClN3O6. The maximum Gasteiger partial charge on any atom is 0.335 e. The molecule has 0 spiro atoms. The number of nitrogens with one attached hydrogen (secondary N) is 1. The third-order valence-electron chi connectivity index (χ3n) is 6.95. The van der Waals surface area contributed by atoms with Crippen LogP contribution in [0.15, 0.2) is 59.5 Å². The Balaban J connectivity index is 1.69. The van der Waals surface area contributed by atoms with Crippen molar-refractivity contribution in [3.8, 4) is 22.9 Å². The van der Waals surface area contributed by atoms with Gasteiger partial charge in [0.15, 0.2) is 0 Å². The van der Waals surface area contributed by atoms with Crippen molar-refractivity contribution in [2.45, 2.75) is 44.2 Å². The van der Waals surface area contributed by atoms with Gasteiger partial charge in [-0.15, -0.1) is 0 Å². The zero-order valence-corrected chi connectivity index (χ0v) is 22.3. The molecule has 39 heavy (non-hydrogen) atoms. The Bertz CT molecular complexity index is 1490. The van der Waals surface area contributed by atoms with Gasteiger partial charge in [0, 0.05) is 40.9 Å². The highest BCUT2D eigenvalue weighted by atomic mass is 35.5. The average molecular weight is 550 g/mol. The normalized spacial score (nSPS) is 14.5. The summed E-state index contributed by atoms with van der Waals surface area (Å²) in [7, 11) is 1.43. The summed E-state index contributed by atoms with van der Waals surface area (Å²) in [5.41, 5.74) is 0.880. The number of benzene rings is 2. The Labute approximate surface area is 230 Å². The molecule has 1 atom stereocenters. The van der Waals surface area contributed by atoms with Crippen molar-refractivity contribution in [2.75, 3.05) is 19.0 Å². The number of carbonyl (C=O) groups is 2. The van der Waals surface area contributed by atoms with Gasteiger partial charge in [0.25, 0.3) is 5.56 Å². The largest absolute Gasteiger partial charge is 0.495 e. The van der Waals surface area contributed by atoms with E-state index >= 15 is 0 Å². The Kier molecular flexibility index (Phi) is 8.38. The number of pyridine rings is 1. The number of hydrogen-bond acceptors (Lipinski definition) is 6. The van der Waals surface area contributed by atoms with Gasteiger partial charge in [-0.3, -0.25) is 14.2 Å². The number of aromatic carboxylic acids is 1. The predicted octanol–water partition coefficient (Wildman–Crippen LogP) is 5.28. The van der Waals surface area contributed by atoms with Crippen molar-refractivity contribution in [3.63, 3.8) is 0 Å². The number of carboxylic acids is 1. The lowest BCUT2D eigenvalue weighted by atomic mass is 9.82. The van der Waals surface area contributed by atoms with E-state index in [1.54, 1.807) is 18.2 Å². The summed E-state index contributed by atoms with van der Waals surface area (Å²) >= 11 is 6.16. The van der Waals surface area contributed by atoms with Crippen molar-refractivity contribution < 1.29 is 24.2 Å². The van der Waals surface area contributed by atoms with E-state index in [-0.39, 0.29) is 29.9 Å². The first-order chi connectivity index (χ1) is 18.6. The van der Waals surface area contributed by atoms with Crippen molar-refractivity contribution >= 4 is 29.2 Å². The van der Waals surface area contributed by atoms with Crippen molar-refractivity contribution in [2.24, 2.45) is 0 Å². The van der Waals surface area contributed by atoms with Gasteiger partial charge in [-0.1, -0.05) is 11.6 Å². The van der Waals surface area contributed by atoms with Gasteiger partial charge in [-0.05, 0) is 68.7 Å². The highest BCUT2D eigenvalue weighted by Gasteiger charge is 2.33. The number of halogens is 1. The molecule has 4 rings (SSSR count). The lowest BCUT2D eigenvalue weighted by Crippen LogP contribution is -2.38.